The van der Waals surface area contributed by atoms with Crippen molar-refractivity contribution >= 4 is 5.91 Å². The van der Waals surface area contributed by atoms with E-state index >= 15 is 0 Å². The van der Waals surface area contributed by atoms with Crippen molar-refractivity contribution in [1.29, 1.82) is 0 Å². The third-order valence-electron chi connectivity index (χ3n) is 3.99. The third kappa shape index (κ3) is 2.74. The number of hydrogen-bond acceptors (Lipinski definition) is 1. The van der Waals surface area contributed by atoms with Gasteiger partial charge < -0.3 is 4.90 Å². The van der Waals surface area contributed by atoms with Gasteiger partial charge in [-0.05, 0) is 38.2 Å². The molecule has 1 aromatic carbocycles. The molecule has 1 aliphatic heterocycles. The van der Waals surface area contributed by atoms with Crippen LogP contribution in [0.1, 0.15) is 51.0 Å². The van der Waals surface area contributed by atoms with Gasteiger partial charge in [0.2, 0.25) is 5.91 Å². The smallest absolute Gasteiger partial charge is 0.230 e. The van der Waals surface area contributed by atoms with Gasteiger partial charge >= 0.3 is 0 Å². The Bertz CT molecular complexity index is 387. The highest BCUT2D eigenvalue weighted by atomic mass is 16.2. The van der Waals surface area contributed by atoms with Crippen molar-refractivity contribution in [2.24, 2.45) is 0 Å². The first kappa shape index (κ1) is 13.1. The van der Waals surface area contributed by atoms with E-state index in [2.05, 4.69) is 30.9 Å². The van der Waals surface area contributed by atoms with Gasteiger partial charge in [0.15, 0.2) is 0 Å². The zero-order valence-electron chi connectivity index (χ0n) is 11.4. The quantitative estimate of drug-likeness (QED) is 0.797. The summed E-state index contributed by atoms with van der Waals surface area (Å²) >= 11 is 0. The fourth-order valence-electron chi connectivity index (χ4n) is 2.86. The maximum Gasteiger partial charge on any atom is 0.230 e. The van der Waals surface area contributed by atoms with E-state index in [1.54, 1.807) is 0 Å². The van der Waals surface area contributed by atoms with Crippen molar-refractivity contribution in [2.45, 2.75) is 51.5 Å². The fourth-order valence-corrected chi connectivity index (χ4v) is 2.86. The summed E-state index contributed by atoms with van der Waals surface area (Å²) in [5.41, 5.74) is 1.16. The minimum atomic E-state index is 0.0340. The number of benzene rings is 1. The van der Waals surface area contributed by atoms with Crippen molar-refractivity contribution in [3.05, 3.63) is 35.9 Å². The van der Waals surface area contributed by atoms with Crippen LogP contribution in [0.3, 0.4) is 0 Å². The van der Waals surface area contributed by atoms with Crippen molar-refractivity contribution < 1.29 is 4.79 Å². The third-order valence-corrected chi connectivity index (χ3v) is 3.99. The first-order valence-electron chi connectivity index (χ1n) is 7.09. The molecule has 0 aliphatic carbocycles. The molecule has 18 heavy (non-hydrogen) atoms. The SMILES string of the molecule is CCC(C(=O)N1CCCCC1C)c1ccccc1. The lowest BCUT2D eigenvalue weighted by Crippen LogP contribution is -2.44. The van der Waals surface area contributed by atoms with Gasteiger partial charge in [-0.25, -0.2) is 0 Å². The Kier molecular flexibility index (Phi) is 4.40. The summed E-state index contributed by atoms with van der Waals surface area (Å²) in [4.78, 5) is 14.8. The molecule has 1 aromatic rings. The topological polar surface area (TPSA) is 20.3 Å². The van der Waals surface area contributed by atoms with Gasteiger partial charge in [0.1, 0.15) is 0 Å². The lowest BCUT2D eigenvalue weighted by atomic mass is 9.93. The summed E-state index contributed by atoms with van der Waals surface area (Å²) < 4.78 is 0. The summed E-state index contributed by atoms with van der Waals surface area (Å²) in [6, 6.07) is 10.6. The van der Waals surface area contributed by atoms with Gasteiger partial charge in [-0.1, -0.05) is 37.3 Å². The molecule has 2 unspecified atom stereocenters. The number of carbonyl (C=O) groups is 1. The van der Waals surface area contributed by atoms with Crippen molar-refractivity contribution in [3.63, 3.8) is 0 Å². The number of rotatable bonds is 3. The first-order valence-corrected chi connectivity index (χ1v) is 7.09. The van der Waals surface area contributed by atoms with Gasteiger partial charge in [-0.2, -0.15) is 0 Å². The van der Waals surface area contributed by atoms with Crippen LogP contribution in [0, 0.1) is 0 Å². The second-order valence-corrected chi connectivity index (χ2v) is 5.25. The van der Waals surface area contributed by atoms with Gasteiger partial charge in [0.25, 0.3) is 0 Å². The van der Waals surface area contributed by atoms with Crippen LogP contribution in [0.2, 0.25) is 0 Å². The predicted octanol–water partition coefficient (Wildman–Crippen LogP) is 3.58. The molecule has 1 aliphatic rings. The number of likely N-dealkylation sites (tertiary alicyclic amines) is 1. The number of nitrogens with zero attached hydrogens (tertiary/aromatic N) is 1. The molecule has 2 atom stereocenters. The highest BCUT2D eigenvalue weighted by molar-refractivity contribution is 5.84. The molecule has 0 radical (unpaired) electrons. The minimum Gasteiger partial charge on any atom is -0.339 e. The Labute approximate surface area is 110 Å². The van der Waals surface area contributed by atoms with Crippen LogP contribution in [0.4, 0.5) is 0 Å². The molecule has 0 bridgehead atoms. The van der Waals surface area contributed by atoms with Crippen LogP contribution in [0.15, 0.2) is 30.3 Å². The maximum absolute atomic E-state index is 12.7. The highest BCUT2D eigenvalue weighted by Crippen LogP contribution is 2.26. The van der Waals surface area contributed by atoms with Gasteiger partial charge in [-0.15, -0.1) is 0 Å². The Morgan fingerprint density at radius 1 is 1.33 bits per heavy atom. The Morgan fingerprint density at radius 3 is 2.67 bits per heavy atom. The monoisotopic (exact) mass is 245 g/mol. The summed E-state index contributed by atoms with van der Waals surface area (Å²) in [5, 5.41) is 0. The number of piperidine rings is 1. The number of carbonyl (C=O) groups excluding carboxylic acids is 1. The van der Waals surface area contributed by atoms with Crippen molar-refractivity contribution in [2.75, 3.05) is 6.54 Å². The average molecular weight is 245 g/mol. The van der Waals surface area contributed by atoms with E-state index in [1.807, 2.05) is 18.2 Å². The van der Waals surface area contributed by atoms with E-state index in [1.165, 1.54) is 6.42 Å². The molecule has 1 amide bonds. The molecule has 2 nitrogen and oxygen atoms in total. The van der Waals surface area contributed by atoms with Crippen LogP contribution in [0.5, 0.6) is 0 Å². The van der Waals surface area contributed by atoms with E-state index < -0.39 is 0 Å². The van der Waals surface area contributed by atoms with E-state index in [0.29, 0.717) is 11.9 Å². The van der Waals surface area contributed by atoms with Gasteiger partial charge in [0.05, 0.1) is 5.92 Å². The minimum absolute atomic E-state index is 0.0340. The lowest BCUT2D eigenvalue weighted by molar-refractivity contribution is -0.136. The van der Waals surface area contributed by atoms with E-state index in [4.69, 9.17) is 0 Å². The molecule has 0 N–H and O–H groups in total. The van der Waals surface area contributed by atoms with Crippen molar-refractivity contribution in [3.8, 4) is 0 Å². The van der Waals surface area contributed by atoms with E-state index in [9.17, 15) is 4.79 Å². The molecule has 2 rings (SSSR count). The normalized spacial score (nSPS) is 21.7. The molecule has 1 fully saturated rings. The standard InChI is InChI=1S/C16H23NO/c1-3-15(14-10-5-4-6-11-14)16(18)17-12-8-7-9-13(17)2/h4-6,10-11,13,15H,3,7-9,12H2,1-2H3. The second kappa shape index (κ2) is 6.03. The van der Waals surface area contributed by atoms with E-state index in [-0.39, 0.29) is 5.92 Å². The molecule has 2 heteroatoms. The summed E-state index contributed by atoms with van der Waals surface area (Å²) in [6.07, 6.45) is 4.44. The molecule has 0 saturated carbocycles. The van der Waals surface area contributed by atoms with Crippen LogP contribution >= 0.6 is 0 Å². The second-order valence-electron chi connectivity index (χ2n) is 5.25. The van der Waals surface area contributed by atoms with Crippen molar-refractivity contribution in [1.82, 2.24) is 4.90 Å². The maximum atomic E-state index is 12.7. The molecule has 0 aromatic heterocycles. The average Bonchev–Trinajstić information content (AvgIpc) is 2.41. The predicted molar refractivity (Wildman–Crippen MR) is 74.5 cm³/mol. The van der Waals surface area contributed by atoms with Crippen LogP contribution in [-0.2, 0) is 4.79 Å². The van der Waals surface area contributed by atoms with E-state index in [0.717, 1.165) is 31.4 Å². The summed E-state index contributed by atoms with van der Waals surface area (Å²) in [5.74, 6) is 0.350. The molecular weight excluding hydrogens is 222 g/mol. The van der Waals surface area contributed by atoms with Crippen LogP contribution in [-0.4, -0.2) is 23.4 Å². The lowest BCUT2D eigenvalue weighted by Gasteiger charge is -2.36. The number of hydrogen-bond donors (Lipinski definition) is 0. The zero-order chi connectivity index (χ0) is 13.0. The van der Waals surface area contributed by atoms with Gasteiger partial charge in [0, 0.05) is 12.6 Å². The van der Waals surface area contributed by atoms with Gasteiger partial charge in [-0.3, -0.25) is 4.79 Å². The fraction of sp³-hybridized carbons (Fsp3) is 0.562. The molecule has 1 saturated heterocycles. The van der Waals surface area contributed by atoms with Crippen LogP contribution in [0.25, 0.3) is 0 Å². The molecule has 1 heterocycles. The molecule has 98 valence electrons. The number of amides is 1. The zero-order valence-corrected chi connectivity index (χ0v) is 11.4. The Balaban J connectivity index is 2.15. The Hall–Kier alpha value is -1.31. The summed E-state index contributed by atoms with van der Waals surface area (Å²) in [7, 11) is 0. The van der Waals surface area contributed by atoms with Crippen LogP contribution < -0.4 is 0 Å². The Morgan fingerprint density at radius 2 is 2.06 bits per heavy atom. The molecular formula is C16H23NO. The molecule has 0 spiro atoms. The largest absolute Gasteiger partial charge is 0.339 e. The first-order chi connectivity index (χ1) is 8.74. The highest BCUT2D eigenvalue weighted by Gasteiger charge is 2.29. The summed E-state index contributed by atoms with van der Waals surface area (Å²) in [6.45, 7) is 5.21.